The lowest BCUT2D eigenvalue weighted by Gasteiger charge is -2.25. The lowest BCUT2D eigenvalue weighted by atomic mass is 10.1. The van der Waals surface area contributed by atoms with Gasteiger partial charge in [-0.2, -0.15) is 0 Å². The number of hydrogen-bond donors (Lipinski definition) is 0. The van der Waals surface area contributed by atoms with Crippen LogP contribution in [0.5, 0.6) is 0 Å². The third kappa shape index (κ3) is 4.72. The number of Topliss-reactive ketones (excluding diaryl/α,β-unsaturated/α-hetero) is 1. The van der Waals surface area contributed by atoms with Gasteiger partial charge in [0.2, 0.25) is 0 Å². The minimum atomic E-state index is 0.420. The minimum Gasteiger partial charge on any atom is -0.381 e. The van der Waals surface area contributed by atoms with Crippen LogP contribution in [0.2, 0.25) is 0 Å². The summed E-state index contributed by atoms with van der Waals surface area (Å²) in [5.74, 6) is 0.420. The van der Waals surface area contributed by atoms with Crippen molar-refractivity contribution in [2.45, 2.75) is 32.6 Å². The number of hydrogen-bond acceptors (Lipinski definition) is 3. The molecule has 0 amide bonds. The smallest absolute Gasteiger partial charge is 0.135 e. The van der Waals surface area contributed by atoms with E-state index in [1.165, 1.54) is 0 Å². The lowest BCUT2D eigenvalue weighted by molar-refractivity contribution is -0.121. The van der Waals surface area contributed by atoms with Crippen molar-refractivity contribution >= 4 is 5.78 Å². The Labute approximate surface area is 86.4 Å². The highest BCUT2D eigenvalue weighted by Crippen LogP contribution is 2.05. The first kappa shape index (κ1) is 11.7. The zero-order valence-corrected chi connectivity index (χ0v) is 9.13. The summed E-state index contributed by atoms with van der Waals surface area (Å²) in [6.07, 6.45) is 3.68. The standard InChI is InChI=1S/C11H21NO2/c1-2-9-14-10-3-6-12-7-4-11(13)5-8-12/h2-10H2,1H3. The van der Waals surface area contributed by atoms with Crippen LogP contribution in [-0.4, -0.2) is 43.5 Å². The summed E-state index contributed by atoms with van der Waals surface area (Å²) in [6, 6.07) is 0. The van der Waals surface area contributed by atoms with Crippen molar-refractivity contribution < 1.29 is 9.53 Å². The van der Waals surface area contributed by atoms with Gasteiger partial charge in [-0.1, -0.05) is 6.92 Å². The van der Waals surface area contributed by atoms with Gasteiger partial charge in [-0.05, 0) is 12.8 Å². The van der Waals surface area contributed by atoms with E-state index < -0.39 is 0 Å². The van der Waals surface area contributed by atoms with Gasteiger partial charge in [-0.15, -0.1) is 0 Å². The summed E-state index contributed by atoms with van der Waals surface area (Å²) < 4.78 is 5.40. The van der Waals surface area contributed by atoms with Gasteiger partial charge >= 0.3 is 0 Å². The van der Waals surface area contributed by atoms with Gasteiger partial charge in [0.05, 0.1) is 0 Å². The molecule has 1 saturated heterocycles. The number of rotatable bonds is 6. The molecule has 0 aromatic carbocycles. The van der Waals surface area contributed by atoms with E-state index in [1.54, 1.807) is 0 Å². The molecule has 0 saturated carbocycles. The van der Waals surface area contributed by atoms with Crippen LogP contribution in [0.4, 0.5) is 0 Å². The number of carbonyl (C=O) groups is 1. The lowest BCUT2D eigenvalue weighted by Crippen LogP contribution is -2.34. The zero-order chi connectivity index (χ0) is 10.2. The summed E-state index contributed by atoms with van der Waals surface area (Å²) in [6.45, 7) is 6.84. The Balaban J connectivity index is 1.94. The van der Waals surface area contributed by atoms with Crippen LogP contribution in [-0.2, 0) is 9.53 Å². The Morgan fingerprint density at radius 2 is 2.00 bits per heavy atom. The minimum absolute atomic E-state index is 0.420. The fourth-order valence-electron chi connectivity index (χ4n) is 1.66. The van der Waals surface area contributed by atoms with E-state index >= 15 is 0 Å². The second kappa shape index (κ2) is 6.96. The molecule has 82 valence electrons. The van der Waals surface area contributed by atoms with Gasteiger partial charge in [0, 0.05) is 45.7 Å². The number of likely N-dealkylation sites (tertiary alicyclic amines) is 1. The number of piperidine rings is 1. The van der Waals surface area contributed by atoms with E-state index in [9.17, 15) is 4.79 Å². The van der Waals surface area contributed by atoms with Crippen LogP contribution >= 0.6 is 0 Å². The normalized spacial score (nSPS) is 18.8. The molecule has 1 aliphatic rings. The molecule has 0 bridgehead atoms. The first-order valence-corrected chi connectivity index (χ1v) is 5.64. The monoisotopic (exact) mass is 199 g/mol. The average Bonchev–Trinajstić information content (AvgIpc) is 2.21. The van der Waals surface area contributed by atoms with Crippen molar-refractivity contribution in [2.24, 2.45) is 0 Å². The van der Waals surface area contributed by atoms with E-state index in [2.05, 4.69) is 11.8 Å². The van der Waals surface area contributed by atoms with Crippen LogP contribution in [0, 0.1) is 0 Å². The van der Waals surface area contributed by atoms with Crippen LogP contribution in [0.1, 0.15) is 32.6 Å². The number of nitrogens with zero attached hydrogens (tertiary/aromatic N) is 1. The van der Waals surface area contributed by atoms with Crippen LogP contribution < -0.4 is 0 Å². The van der Waals surface area contributed by atoms with Gasteiger partial charge in [0.1, 0.15) is 5.78 Å². The molecule has 0 atom stereocenters. The van der Waals surface area contributed by atoms with Gasteiger partial charge in [0.25, 0.3) is 0 Å². The summed E-state index contributed by atoms with van der Waals surface area (Å²) in [5, 5.41) is 0. The third-order valence-corrected chi connectivity index (χ3v) is 2.53. The van der Waals surface area contributed by atoms with Crippen molar-refractivity contribution in [1.82, 2.24) is 4.90 Å². The highest BCUT2D eigenvalue weighted by molar-refractivity contribution is 5.79. The van der Waals surface area contributed by atoms with E-state index in [0.29, 0.717) is 5.78 Å². The Kier molecular flexibility index (Phi) is 5.80. The fourth-order valence-corrected chi connectivity index (χ4v) is 1.66. The Morgan fingerprint density at radius 1 is 1.29 bits per heavy atom. The topological polar surface area (TPSA) is 29.5 Å². The average molecular weight is 199 g/mol. The quantitative estimate of drug-likeness (QED) is 0.607. The molecule has 0 N–H and O–H groups in total. The van der Waals surface area contributed by atoms with Crippen molar-refractivity contribution in [2.75, 3.05) is 32.8 Å². The maximum absolute atomic E-state index is 11.0. The Bertz CT molecular complexity index is 161. The SMILES string of the molecule is CCCOCCCN1CCC(=O)CC1. The maximum Gasteiger partial charge on any atom is 0.135 e. The first-order valence-electron chi connectivity index (χ1n) is 5.64. The van der Waals surface area contributed by atoms with E-state index in [4.69, 9.17) is 4.74 Å². The molecule has 1 fully saturated rings. The number of ketones is 1. The molecule has 0 aliphatic carbocycles. The molecule has 3 nitrogen and oxygen atoms in total. The van der Waals surface area contributed by atoms with Crippen LogP contribution in [0.25, 0.3) is 0 Å². The van der Waals surface area contributed by atoms with E-state index in [-0.39, 0.29) is 0 Å². The molecule has 1 heterocycles. The van der Waals surface area contributed by atoms with Crippen LogP contribution in [0.15, 0.2) is 0 Å². The molecular formula is C11H21NO2. The van der Waals surface area contributed by atoms with Gasteiger partial charge in [-0.3, -0.25) is 4.79 Å². The largest absolute Gasteiger partial charge is 0.381 e. The predicted octanol–water partition coefficient (Wildman–Crippen LogP) is 1.47. The maximum atomic E-state index is 11.0. The molecular weight excluding hydrogens is 178 g/mol. The summed E-state index contributed by atoms with van der Waals surface area (Å²) in [4.78, 5) is 13.3. The number of carbonyl (C=O) groups excluding carboxylic acids is 1. The molecule has 0 spiro atoms. The molecule has 1 rings (SSSR count). The number of ether oxygens (including phenoxy) is 1. The Morgan fingerprint density at radius 3 is 2.64 bits per heavy atom. The first-order chi connectivity index (χ1) is 6.83. The van der Waals surface area contributed by atoms with Gasteiger partial charge in [-0.25, -0.2) is 0 Å². The molecule has 3 heteroatoms. The zero-order valence-electron chi connectivity index (χ0n) is 9.13. The molecule has 14 heavy (non-hydrogen) atoms. The van der Waals surface area contributed by atoms with E-state index in [0.717, 1.165) is 58.5 Å². The Hall–Kier alpha value is -0.410. The molecule has 0 aromatic rings. The van der Waals surface area contributed by atoms with E-state index in [1.807, 2.05) is 0 Å². The van der Waals surface area contributed by atoms with Crippen LogP contribution in [0.3, 0.4) is 0 Å². The summed E-state index contributed by atoms with van der Waals surface area (Å²) in [5.41, 5.74) is 0. The van der Waals surface area contributed by atoms with Gasteiger partial charge in [0.15, 0.2) is 0 Å². The molecule has 0 unspecified atom stereocenters. The van der Waals surface area contributed by atoms with Crippen molar-refractivity contribution in [3.05, 3.63) is 0 Å². The van der Waals surface area contributed by atoms with Crippen molar-refractivity contribution in [1.29, 1.82) is 0 Å². The summed E-state index contributed by atoms with van der Waals surface area (Å²) >= 11 is 0. The molecule has 1 aliphatic heterocycles. The fraction of sp³-hybridized carbons (Fsp3) is 0.909. The second-order valence-electron chi connectivity index (χ2n) is 3.85. The highest BCUT2D eigenvalue weighted by Gasteiger charge is 2.14. The molecule has 0 radical (unpaired) electrons. The third-order valence-electron chi connectivity index (χ3n) is 2.53. The highest BCUT2D eigenvalue weighted by atomic mass is 16.5. The van der Waals surface area contributed by atoms with Gasteiger partial charge < -0.3 is 9.64 Å². The second-order valence-corrected chi connectivity index (χ2v) is 3.85. The van der Waals surface area contributed by atoms with Crippen molar-refractivity contribution in [3.8, 4) is 0 Å². The summed E-state index contributed by atoms with van der Waals surface area (Å²) in [7, 11) is 0. The van der Waals surface area contributed by atoms with Crippen molar-refractivity contribution in [3.63, 3.8) is 0 Å². The predicted molar refractivity (Wildman–Crippen MR) is 56.4 cm³/mol. The molecule has 0 aromatic heterocycles.